The molecule has 5 rings (SSSR count). The molecule has 7 nitrogen and oxygen atoms in total. The largest absolute Gasteiger partial charge is 0.478 e. The second kappa shape index (κ2) is 6.84. The van der Waals surface area contributed by atoms with Crippen molar-refractivity contribution in [2.75, 3.05) is 0 Å². The number of aromatic nitrogens is 5. The zero-order valence-electron chi connectivity index (χ0n) is 16.1. The Kier molecular flexibility index (Phi) is 4.16. The van der Waals surface area contributed by atoms with Gasteiger partial charge in [0.2, 0.25) is 0 Å². The highest BCUT2D eigenvalue weighted by Gasteiger charge is 2.23. The Bertz CT molecular complexity index is 1220. The maximum absolute atomic E-state index is 11.8. The highest BCUT2D eigenvalue weighted by molar-refractivity contribution is 5.90. The third-order valence-corrected chi connectivity index (χ3v) is 5.73. The lowest BCUT2D eigenvalue weighted by molar-refractivity contribution is 0.0695. The second-order valence-corrected chi connectivity index (χ2v) is 7.62. The van der Waals surface area contributed by atoms with E-state index in [0.29, 0.717) is 11.5 Å². The average Bonchev–Trinajstić information content (AvgIpc) is 3.47. The molecule has 0 amide bonds. The van der Waals surface area contributed by atoms with Crippen LogP contribution in [0.2, 0.25) is 0 Å². The van der Waals surface area contributed by atoms with Gasteiger partial charge < -0.3 is 5.11 Å². The fraction of sp³-hybridized carbons (Fsp3) is 0.273. The minimum atomic E-state index is -0.865. The van der Waals surface area contributed by atoms with Gasteiger partial charge in [-0.3, -0.25) is 4.68 Å². The highest BCUT2D eigenvalue weighted by Crippen LogP contribution is 2.38. The molecule has 3 aromatic heterocycles. The molecule has 0 spiro atoms. The van der Waals surface area contributed by atoms with Crippen LogP contribution in [0.1, 0.15) is 47.5 Å². The van der Waals surface area contributed by atoms with Crippen LogP contribution in [-0.4, -0.2) is 35.5 Å². The van der Waals surface area contributed by atoms with E-state index >= 15 is 0 Å². The lowest BCUT2D eigenvalue weighted by Crippen LogP contribution is -2.06. The van der Waals surface area contributed by atoms with Crippen LogP contribution in [-0.2, 0) is 7.05 Å². The van der Waals surface area contributed by atoms with Crippen molar-refractivity contribution >= 4 is 11.6 Å². The molecule has 1 aromatic carbocycles. The molecule has 3 heterocycles. The maximum Gasteiger partial charge on any atom is 0.335 e. The minimum absolute atomic E-state index is 0.307. The quantitative estimate of drug-likeness (QED) is 0.568. The van der Waals surface area contributed by atoms with E-state index in [-0.39, 0.29) is 0 Å². The first kappa shape index (κ1) is 17.6. The third-order valence-electron chi connectivity index (χ3n) is 5.73. The number of benzene rings is 1. The van der Waals surface area contributed by atoms with E-state index in [4.69, 9.17) is 5.10 Å². The van der Waals surface area contributed by atoms with Gasteiger partial charge in [-0.15, -0.1) is 0 Å². The van der Waals surface area contributed by atoms with Crippen molar-refractivity contribution in [3.05, 3.63) is 60.0 Å². The molecular weight excluding hydrogens is 366 g/mol. The number of aryl methyl sites for hydroxylation is 1. The van der Waals surface area contributed by atoms with Crippen LogP contribution in [0.25, 0.3) is 28.2 Å². The molecule has 1 aliphatic rings. The third kappa shape index (κ3) is 3.08. The lowest BCUT2D eigenvalue weighted by atomic mass is 9.90. The highest BCUT2D eigenvalue weighted by atomic mass is 16.4. The number of fused-ring (bicyclic) bond motifs is 1. The molecule has 29 heavy (non-hydrogen) atoms. The van der Waals surface area contributed by atoms with Gasteiger partial charge in [-0.1, -0.05) is 18.9 Å². The van der Waals surface area contributed by atoms with E-state index in [1.54, 1.807) is 23.1 Å². The van der Waals surface area contributed by atoms with Gasteiger partial charge in [-0.25, -0.2) is 14.3 Å². The van der Waals surface area contributed by atoms with Gasteiger partial charge in [-0.2, -0.15) is 10.2 Å². The molecule has 146 valence electrons. The molecule has 7 heteroatoms. The van der Waals surface area contributed by atoms with Crippen molar-refractivity contribution in [2.45, 2.75) is 31.6 Å². The molecule has 1 N–H and O–H groups in total. The van der Waals surface area contributed by atoms with Crippen LogP contribution >= 0.6 is 0 Å². The molecule has 1 saturated carbocycles. The predicted molar refractivity (Wildman–Crippen MR) is 109 cm³/mol. The van der Waals surface area contributed by atoms with E-state index in [9.17, 15) is 9.90 Å². The number of nitrogens with zero attached hydrogens (tertiary/aromatic N) is 5. The molecule has 0 radical (unpaired) electrons. The summed E-state index contributed by atoms with van der Waals surface area (Å²) in [6, 6.07) is 9.47. The smallest absolute Gasteiger partial charge is 0.335 e. The molecule has 4 aromatic rings. The Morgan fingerprint density at radius 2 is 1.97 bits per heavy atom. The van der Waals surface area contributed by atoms with Crippen molar-refractivity contribution in [3.8, 4) is 22.5 Å². The first-order valence-electron chi connectivity index (χ1n) is 9.81. The molecule has 0 atom stereocenters. The molecule has 1 fully saturated rings. The Labute approximate surface area is 167 Å². The van der Waals surface area contributed by atoms with Crippen LogP contribution in [0.4, 0.5) is 0 Å². The molecule has 0 saturated heterocycles. The number of carboxylic acid groups (broad SMARTS) is 1. The predicted octanol–water partition coefficient (Wildman–Crippen LogP) is 4.15. The lowest BCUT2D eigenvalue weighted by Gasteiger charge is -2.15. The van der Waals surface area contributed by atoms with Crippen molar-refractivity contribution < 1.29 is 9.90 Å². The molecule has 0 unspecified atom stereocenters. The normalized spacial score (nSPS) is 14.7. The number of hydrogen-bond acceptors (Lipinski definition) is 4. The van der Waals surface area contributed by atoms with Crippen molar-refractivity contribution in [1.29, 1.82) is 0 Å². The molecular formula is C22H21N5O2. The second-order valence-electron chi connectivity index (χ2n) is 7.62. The fourth-order valence-corrected chi connectivity index (χ4v) is 4.30. The average molecular weight is 387 g/mol. The van der Waals surface area contributed by atoms with E-state index in [2.05, 4.69) is 10.1 Å². The number of carboxylic acids is 1. The van der Waals surface area contributed by atoms with Gasteiger partial charge in [0.05, 0.1) is 23.1 Å². The Morgan fingerprint density at radius 3 is 2.69 bits per heavy atom. The summed E-state index contributed by atoms with van der Waals surface area (Å²) >= 11 is 0. The first-order chi connectivity index (χ1) is 14.1. The van der Waals surface area contributed by atoms with Gasteiger partial charge >= 0.3 is 5.97 Å². The number of rotatable bonds is 4. The van der Waals surface area contributed by atoms with E-state index in [0.717, 1.165) is 59.4 Å². The van der Waals surface area contributed by atoms with Gasteiger partial charge in [0.15, 0.2) is 5.65 Å². The molecule has 0 aliphatic heterocycles. The summed E-state index contributed by atoms with van der Waals surface area (Å²) in [6.07, 6.45) is 9.86. The van der Waals surface area contributed by atoms with Crippen molar-refractivity contribution in [3.63, 3.8) is 0 Å². The Balaban J connectivity index is 1.64. The van der Waals surface area contributed by atoms with Crippen LogP contribution in [0.5, 0.6) is 0 Å². The molecule has 0 bridgehead atoms. The fourth-order valence-electron chi connectivity index (χ4n) is 4.30. The Hall–Kier alpha value is -3.48. The van der Waals surface area contributed by atoms with Gasteiger partial charge in [0, 0.05) is 36.6 Å². The van der Waals surface area contributed by atoms with Crippen LogP contribution in [0.15, 0.2) is 48.9 Å². The zero-order valence-corrected chi connectivity index (χ0v) is 16.1. The summed E-state index contributed by atoms with van der Waals surface area (Å²) in [4.78, 5) is 16.2. The van der Waals surface area contributed by atoms with Crippen LogP contribution < -0.4 is 0 Å². The summed E-state index contributed by atoms with van der Waals surface area (Å²) in [7, 11) is 1.87. The van der Waals surface area contributed by atoms with Crippen molar-refractivity contribution in [2.24, 2.45) is 7.05 Å². The standard InChI is InChI=1S/C22H21N5O2/c1-26-13-16(12-24-26)19-11-21-23-9-8-20(27(21)25-19)15-6-7-17(22(28)29)18(10-15)14-4-2-3-5-14/h6-14H,2-5H2,1H3,(H,28,29). The summed E-state index contributed by atoms with van der Waals surface area (Å²) in [5, 5.41) is 18.6. The van der Waals surface area contributed by atoms with E-state index in [1.807, 2.05) is 42.0 Å². The maximum atomic E-state index is 11.8. The van der Waals surface area contributed by atoms with Crippen LogP contribution in [0, 0.1) is 0 Å². The topological polar surface area (TPSA) is 85.3 Å². The minimum Gasteiger partial charge on any atom is -0.478 e. The summed E-state index contributed by atoms with van der Waals surface area (Å²) in [6.45, 7) is 0. The van der Waals surface area contributed by atoms with Gasteiger partial charge in [0.1, 0.15) is 0 Å². The SMILES string of the molecule is Cn1cc(-c2cc3nccc(-c4ccc(C(=O)O)c(C5CCCC5)c4)n3n2)cn1. The van der Waals surface area contributed by atoms with E-state index < -0.39 is 5.97 Å². The monoisotopic (exact) mass is 387 g/mol. The number of aromatic carboxylic acids is 1. The number of carbonyl (C=O) groups is 1. The number of hydrogen-bond donors (Lipinski definition) is 1. The summed E-state index contributed by atoms with van der Waals surface area (Å²) in [5.41, 5.74) is 5.64. The summed E-state index contributed by atoms with van der Waals surface area (Å²) in [5.74, 6) is -0.557. The molecule has 1 aliphatic carbocycles. The Morgan fingerprint density at radius 1 is 1.14 bits per heavy atom. The van der Waals surface area contributed by atoms with Crippen LogP contribution in [0.3, 0.4) is 0 Å². The summed E-state index contributed by atoms with van der Waals surface area (Å²) < 4.78 is 3.56. The zero-order chi connectivity index (χ0) is 20.0. The van der Waals surface area contributed by atoms with Crippen molar-refractivity contribution in [1.82, 2.24) is 24.4 Å². The first-order valence-corrected chi connectivity index (χ1v) is 9.81. The van der Waals surface area contributed by atoms with Gasteiger partial charge in [-0.05, 0) is 42.5 Å². The van der Waals surface area contributed by atoms with Gasteiger partial charge in [0.25, 0.3) is 0 Å². The van der Waals surface area contributed by atoms with E-state index in [1.165, 1.54) is 0 Å².